The summed E-state index contributed by atoms with van der Waals surface area (Å²) in [6.07, 6.45) is 3.27. The summed E-state index contributed by atoms with van der Waals surface area (Å²) in [4.78, 5) is 17.6. The number of benzene rings is 1. The number of esters is 1. The van der Waals surface area contributed by atoms with Gasteiger partial charge in [-0.1, -0.05) is 0 Å². The van der Waals surface area contributed by atoms with Crippen LogP contribution in [-0.2, 0) is 14.2 Å². The predicted octanol–water partition coefficient (Wildman–Crippen LogP) is 3.22. The predicted molar refractivity (Wildman–Crippen MR) is 117 cm³/mol. The SMILES string of the molecule is CCN(c1cc(C2CC2CN2CCOCC2)cc(C(=O)OC)c1C)C1CCOCC1. The van der Waals surface area contributed by atoms with Gasteiger partial charge in [0.1, 0.15) is 0 Å². The highest BCUT2D eigenvalue weighted by Gasteiger charge is 2.40. The second-order valence-electron chi connectivity index (χ2n) is 8.85. The van der Waals surface area contributed by atoms with E-state index in [1.165, 1.54) is 24.8 Å². The Kier molecular flexibility index (Phi) is 6.96. The van der Waals surface area contributed by atoms with E-state index in [0.717, 1.165) is 71.0 Å². The maximum atomic E-state index is 12.6. The number of rotatable bonds is 7. The molecule has 2 saturated heterocycles. The third kappa shape index (κ3) is 4.66. The molecule has 2 aliphatic heterocycles. The summed E-state index contributed by atoms with van der Waals surface area (Å²) in [7, 11) is 1.47. The van der Waals surface area contributed by atoms with Crippen LogP contribution in [0.4, 0.5) is 5.69 Å². The highest BCUT2D eigenvalue weighted by atomic mass is 16.5. The summed E-state index contributed by atoms with van der Waals surface area (Å²) in [6.45, 7) is 11.7. The number of nitrogens with zero attached hydrogens (tertiary/aromatic N) is 2. The normalized spacial score (nSPS) is 25.2. The lowest BCUT2D eigenvalue weighted by molar-refractivity contribution is 0.0355. The molecule has 1 saturated carbocycles. The van der Waals surface area contributed by atoms with Crippen molar-refractivity contribution in [2.24, 2.45) is 5.92 Å². The second kappa shape index (κ2) is 9.67. The molecule has 3 aliphatic rings. The van der Waals surface area contributed by atoms with Crippen molar-refractivity contribution in [3.8, 4) is 0 Å². The van der Waals surface area contributed by atoms with Gasteiger partial charge in [-0.2, -0.15) is 0 Å². The maximum absolute atomic E-state index is 12.6. The van der Waals surface area contributed by atoms with E-state index in [9.17, 15) is 4.79 Å². The van der Waals surface area contributed by atoms with Crippen molar-refractivity contribution in [1.82, 2.24) is 4.90 Å². The molecule has 2 unspecified atom stereocenters. The summed E-state index contributed by atoms with van der Waals surface area (Å²) < 4.78 is 16.2. The molecule has 4 rings (SSSR count). The fourth-order valence-electron chi connectivity index (χ4n) is 5.15. The summed E-state index contributed by atoms with van der Waals surface area (Å²) in [5.74, 6) is 0.968. The van der Waals surface area contributed by atoms with Gasteiger partial charge in [0, 0.05) is 51.1 Å². The van der Waals surface area contributed by atoms with Gasteiger partial charge in [0.2, 0.25) is 0 Å². The molecule has 0 radical (unpaired) electrons. The lowest BCUT2D eigenvalue weighted by Crippen LogP contribution is -2.40. The van der Waals surface area contributed by atoms with E-state index in [-0.39, 0.29) is 5.97 Å². The van der Waals surface area contributed by atoms with E-state index in [4.69, 9.17) is 14.2 Å². The number of carbonyl (C=O) groups excluding carboxylic acids is 1. The molecule has 0 bridgehead atoms. The maximum Gasteiger partial charge on any atom is 0.338 e. The van der Waals surface area contributed by atoms with Crippen LogP contribution in [0.5, 0.6) is 0 Å². The quantitative estimate of drug-likeness (QED) is 0.636. The minimum atomic E-state index is -0.232. The van der Waals surface area contributed by atoms with Gasteiger partial charge < -0.3 is 19.1 Å². The van der Waals surface area contributed by atoms with Crippen molar-refractivity contribution >= 4 is 11.7 Å². The molecule has 1 aromatic carbocycles. The van der Waals surface area contributed by atoms with Crippen LogP contribution < -0.4 is 4.90 Å². The number of morpholine rings is 1. The van der Waals surface area contributed by atoms with Crippen LogP contribution in [-0.4, -0.2) is 76.6 Å². The Hall–Kier alpha value is -1.63. The molecular formula is C24H36N2O4. The number of anilines is 1. The lowest BCUT2D eigenvalue weighted by Gasteiger charge is -2.37. The van der Waals surface area contributed by atoms with Crippen LogP contribution in [0.2, 0.25) is 0 Å². The van der Waals surface area contributed by atoms with Crippen LogP contribution in [0.1, 0.15) is 53.6 Å². The second-order valence-corrected chi connectivity index (χ2v) is 8.85. The molecule has 30 heavy (non-hydrogen) atoms. The molecule has 0 N–H and O–H groups in total. The molecule has 2 atom stereocenters. The van der Waals surface area contributed by atoms with E-state index >= 15 is 0 Å². The molecule has 1 aliphatic carbocycles. The first kappa shape index (κ1) is 21.6. The van der Waals surface area contributed by atoms with Crippen molar-refractivity contribution in [1.29, 1.82) is 0 Å². The average molecular weight is 417 g/mol. The molecule has 1 aromatic rings. The van der Waals surface area contributed by atoms with E-state index in [2.05, 4.69) is 35.8 Å². The Labute approximate surface area is 180 Å². The Balaban J connectivity index is 1.59. The molecular weight excluding hydrogens is 380 g/mol. The smallest absolute Gasteiger partial charge is 0.338 e. The molecule has 2 heterocycles. The highest BCUT2D eigenvalue weighted by Crippen LogP contribution is 2.49. The van der Waals surface area contributed by atoms with Crippen molar-refractivity contribution in [2.45, 2.75) is 45.1 Å². The fraction of sp³-hybridized carbons (Fsp3) is 0.708. The first-order valence-corrected chi connectivity index (χ1v) is 11.5. The molecule has 3 fully saturated rings. The zero-order valence-electron chi connectivity index (χ0n) is 18.7. The largest absolute Gasteiger partial charge is 0.465 e. The fourth-order valence-corrected chi connectivity index (χ4v) is 5.15. The van der Waals surface area contributed by atoms with Gasteiger partial charge in [-0.3, -0.25) is 4.90 Å². The number of hydrogen-bond donors (Lipinski definition) is 0. The standard InChI is InChI=1S/C24H36N2O4/c1-4-26(20-5-9-29-10-6-20)23-15-18(13-21(17(23)2)24(27)28-3)22-14-19(22)16-25-7-11-30-12-8-25/h13,15,19-20,22H,4-12,14,16H2,1-3H3. The number of methoxy groups -OCH3 is 1. The molecule has 0 aromatic heterocycles. The Morgan fingerprint density at radius 3 is 2.53 bits per heavy atom. The van der Waals surface area contributed by atoms with Crippen LogP contribution in [0.25, 0.3) is 0 Å². The zero-order chi connectivity index (χ0) is 21.1. The van der Waals surface area contributed by atoms with E-state index in [0.29, 0.717) is 23.4 Å². The minimum absolute atomic E-state index is 0.232. The molecule has 0 amide bonds. The summed E-state index contributed by atoms with van der Waals surface area (Å²) in [6, 6.07) is 4.91. The highest BCUT2D eigenvalue weighted by molar-refractivity contribution is 5.93. The summed E-state index contributed by atoms with van der Waals surface area (Å²) >= 11 is 0. The Bertz CT molecular complexity index is 741. The van der Waals surface area contributed by atoms with E-state index < -0.39 is 0 Å². The summed E-state index contributed by atoms with van der Waals surface area (Å²) in [5, 5.41) is 0. The first-order valence-electron chi connectivity index (χ1n) is 11.5. The molecule has 6 heteroatoms. The van der Waals surface area contributed by atoms with Crippen molar-refractivity contribution in [3.05, 3.63) is 28.8 Å². The Morgan fingerprint density at radius 2 is 1.87 bits per heavy atom. The Morgan fingerprint density at radius 1 is 1.17 bits per heavy atom. The van der Waals surface area contributed by atoms with Crippen LogP contribution in [0.3, 0.4) is 0 Å². The van der Waals surface area contributed by atoms with E-state index in [1.807, 2.05) is 0 Å². The van der Waals surface area contributed by atoms with Crippen molar-refractivity contribution < 1.29 is 19.0 Å². The monoisotopic (exact) mass is 416 g/mol. The van der Waals surface area contributed by atoms with Crippen LogP contribution in [0, 0.1) is 12.8 Å². The van der Waals surface area contributed by atoms with Crippen molar-refractivity contribution in [3.63, 3.8) is 0 Å². The van der Waals surface area contributed by atoms with Gasteiger partial charge in [0.15, 0.2) is 0 Å². The van der Waals surface area contributed by atoms with Crippen LogP contribution >= 0.6 is 0 Å². The molecule has 6 nitrogen and oxygen atoms in total. The molecule has 0 spiro atoms. The topological polar surface area (TPSA) is 51.2 Å². The van der Waals surface area contributed by atoms with Gasteiger partial charge in [-0.05, 0) is 68.2 Å². The van der Waals surface area contributed by atoms with Gasteiger partial charge in [0.25, 0.3) is 0 Å². The number of ether oxygens (including phenoxy) is 3. The number of carbonyl (C=O) groups is 1. The van der Waals surface area contributed by atoms with Gasteiger partial charge in [-0.25, -0.2) is 4.79 Å². The third-order valence-electron chi connectivity index (χ3n) is 7.04. The van der Waals surface area contributed by atoms with Crippen LogP contribution in [0.15, 0.2) is 12.1 Å². The molecule has 166 valence electrons. The lowest BCUT2D eigenvalue weighted by atomic mass is 9.96. The van der Waals surface area contributed by atoms with E-state index in [1.54, 1.807) is 0 Å². The van der Waals surface area contributed by atoms with Gasteiger partial charge >= 0.3 is 5.97 Å². The number of hydrogen-bond acceptors (Lipinski definition) is 6. The van der Waals surface area contributed by atoms with Crippen molar-refractivity contribution in [2.75, 3.05) is 64.6 Å². The van der Waals surface area contributed by atoms with Gasteiger partial charge in [-0.15, -0.1) is 0 Å². The minimum Gasteiger partial charge on any atom is -0.465 e. The first-order chi connectivity index (χ1) is 14.6. The third-order valence-corrected chi connectivity index (χ3v) is 7.04. The zero-order valence-corrected chi connectivity index (χ0v) is 18.7. The van der Waals surface area contributed by atoms with Gasteiger partial charge in [0.05, 0.1) is 25.9 Å². The summed E-state index contributed by atoms with van der Waals surface area (Å²) in [5.41, 5.74) is 4.23. The average Bonchev–Trinajstić information content (AvgIpc) is 3.55.